The van der Waals surface area contributed by atoms with E-state index in [0.717, 1.165) is 28.1 Å². The number of rotatable bonds is 5. The van der Waals surface area contributed by atoms with Gasteiger partial charge in [-0.25, -0.2) is 0 Å². The van der Waals surface area contributed by atoms with E-state index in [2.05, 4.69) is 82.6 Å². The first-order valence-corrected chi connectivity index (χ1v) is 7.86. The third-order valence-electron chi connectivity index (χ3n) is 3.92. The molecule has 0 aliphatic carbocycles. The van der Waals surface area contributed by atoms with Crippen molar-refractivity contribution < 1.29 is 0 Å². The largest absolute Gasteiger partial charge is 0.356 e. The summed E-state index contributed by atoms with van der Waals surface area (Å²) in [7, 11) is 0. The van der Waals surface area contributed by atoms with E-state index in [9.17, 15) is 0 Å². The van der Waals surface area contributed by atoms with Crippen LogP contribution in [0.1, 0.15) is 30.5 Å². The molecule has 0 saturated carbocycles. The van der Waals surface area contributed by atoms with E-state index < -0.39 is 0 Å². The second-order valence-corrected chi connectivity index (χ2v) is 6.14. The van der Waals surface area contributed by atoms with E-state index in [1.807, 2.05) is 12.1 Å². The highest BCUT2D eigenvalue weighted by Gasteiger charge is 2.13. The Hall–Kier alpha value is -2.54. The quantitative estimate of drug-likeness (QED) is 0.641. The summed E-state index contributed by atoms with van der Waals surface area (Å²) in [6.45, 7) is 17.0. The Morgan fingerprint density at radius 3 is 2.04 bits per heavy atom. The minimum absolute atomic E-state index is 0.877. The molecule has 0 unspecified atom stereocenters. The van der Waals surface area contributed by atoms with E-state index in [-0.39, 0.29) is 0 Å². The van der Waals surface area contributed by atoms with Crippen molar-refractivity contribution >= 4 is 11.3 Å². The maximum Gasteiger partial charge on any atom is 0.0390 e. The van der Waals surface area contributed by atoms with Crippen molar-refractivity contribution in [1.29, 1.82) is 0 Å². The molecule has 0 heterocycles. The van der Waals surface area contributed by atoms with Crippen LogP contribution >= 0.6 is 0 Å². The molecule has 0 radical (unpaired) electrons. The second kappa shape index (κ2) is 7.15. The number of hydrogen-bond acceptors (Lipinski definition) is 1. The van der Waals surface area contributed by atoms with Gasteiger partial charge in [0.2, 0.25) is 0 Å². The highest BCUT2D eigenvalue weighted by atomic mass is 14.9. The van der Waals surface area contributed by atoms with Crippen LogP contribution in [-0.2, 0) is 0 Å². The monoisotopic (exact) mass is 303 g/mol. The molecule has 1 heteroatoms. The van der Waals surface area contributed by atoms with Gasteiger partial charge < -0.3 is 5.32 Å². The summed E-state index contributed by atoms with van der Waals surface area (Å²) in [5.41, 5.74) is 8.83. The first kappa shape index (κ1) is 16.8. The number of aryl methyl sites for hydroxylation is 2. The molecule has 1 nitrogen and oxygen atoms in total. The Kier molecular flexibility index (Phi) is 5.23. The first-order valence-electron chi connectivity index (χ1n) is 7.86. The van der Waals surface area contributed by atoms with Crippen molar-refractivity contribution in [3.8, 4) is 0 Å². The summed E-state index contributed by atoms with van der Waals surface area (Å²) in [6, 6.07) is 16.6. The van der Waals surface area contributed by atoms with Crippen molar-refractivity contribution in [2.45, 2.75) is 27.7 Å². The SMILES string of the molecule is C=C(Nc1ccc(C)cc1)C(C(=C)c1ccccc1C)=C(C)C. The predicted octanol–water partition coefficient (Wildman–Crippen LogP) is 6.28. The third-order valence-corrected chi connectivity index (χ3v) is 3.92. The van der Waals surface area contributed by atoms with Gasteiger partial charge in [0.15, 0.2) is 0 Å². The predicted molar refractivity (Wildman–Crippen MR) is 103 cm³/mol. The number of allylic oxidation sites excluding steroid dienone is 2. The van der Waals surface area contributed by atoms with Gasteiger partial charge in [0.25, 0.3) is 0 Å². The van der Waals surface area contributed by atoms with Gasteiger partial charge >= 0.3 is 0 Å². The standard InChI is InChI=1S/C22H25N/c1-15(2)22(18(5)21-10-8-7-9-17(21)4)19(6)23-20-13-11-16(3)12-14-20/h7-14,23H,5-6H2,1-4H3. The Bertz CT molecular complexity index is 757. The van der Waals surface area contributed by atoms with Crippen LogP contribution in [0.3, 0.4) is 0 Å². The van der Waals surface area contributed by atoms with E-state index in [1.165, 1.54) is 16.7 Å². The summed E-state index contributed by atoms with van der Waals surface area (Å²) >= 11 is 0. The number of anilines is 1. The molecule has 0 atom stereocenters. The molecular weight excluding hydrogens is 278 g/mol. The molecule has 23 heavy (non-hydrogen) atoms. The van der Waals surface area contributed by atoms with Crippen LogP contribution in [0.25, 0.3) is 5.57 Å². The molecule has 0 aliphatic heterocycles. The van der Waals surface area contributed by atoms with Crippen LogP contribution in [0.5, 0.6) is 0 Å². The zero-order valence-electron chi connectivity index (χ0n) is 14.5. The lowest BCUT2D eigenvalue weighted by Crippen LogP contribution is -2.05. The lowest BCUT2D eigenvalue weighted by molar-refractivity contribution is 1.28. The Morgan fingerprint density at radius 2 is 1.48 bits per heavy atom. The van der Waals surface area contributed by atoms with Gasteiger partial charge in [-0.2, -0.15) is 0 Å². The van der Waals surface area contributed by atoms with Crippen LogP contribution in [0.2, 0.25) is 0 Å². The van der Waals surface area contributed by atoms with Crippen molar-refractivity contribution in [2.75, 3.05) is 5.32 Å². The van der Waals surface area contributed by atoms with Crippen molar-refractivity contribution in [2.24, 2.45) is 0 Å². The fourth-order valence-electron chi connectivity index (χ4n) is 2.71. The lowest BCUT2D eigenvalue weighted by atomic mass is 9.91. The summed E-state index contributed by atoms with van der Waals surface area (Å²) in [5.74, 6) is 0. The topological polar surface area (TPSA) is 12.0 Å². The van der Waals surface area contributed by atoms with Gasteiger partial charge in [-0.3, -0.25) is 0 Å². The molecule has 0 spiro atoms. The zero-order valence-corrected chi connectivity index (χ0v) is 14.5. The smallest absolute Gasteiger partial charge is 0.0390 e. The van der Waals surface area contributed by atoms with E-state index in [4.69, 9.17) is 0 Å². The summed E-state index contributed by atoms with van der Waals surface area (Å²) in [5, 5.41) is 3.41. The van der Waals surface area contributed by atoms with Gasteiger partial charge in [-0.15, -0.1) is 0 Å². The molecule has 2 aromatic carbocycles. The minimum Gasteiger partial charge on any atom is -0.356 e. The Morgan fingerprint density at radius 1 is 0.870 bits per heavy atom. The normalized spacial score (nSPS) is 10.1. The van der Waals surface area contributed by atoms with Crippen LogP contribution in [0.15, 0.2) is 78.5 Å². The Labute approximate surface area is 140 Å². The van der Waals surface area contributed by atoms with Crippen molar-refractivity contribution in [1.82, 2.24) is 0 Å². The summed E-state index contributed by atoms with van der Waals surface area (Å²) in [4.78, 5) is 0. The van der Waals surface area contributed by atoms with Crippen molar-refractivity contribution in [3.05, 3.63) is 95.2 Å². The number of hydrogen-bond donors (Lipinski definition) is 1. The summed E-state index contributed by atoms with van der Waals surface area (Å²) < 4.78 is 0. The fourth-order valence-corrected chi connectivity index (χ4v) is 2.71. The van der Waals surface area contributed by atoms with Crippen LogP contribution < -0.4 is 5.32 Å². The van der Waals surface area contributed by atoms with Gasteiger partial charge in [0.05, 0.1) is 0 Å². The highest BCUT2D eigenvalue weighted by molar-refractivity contribution is 5.85. The van der Waals surface area contributed by atoms with Crippen LogP contribution in [0.4, 0.5) is 5.69 Å². The minimum atomic E-state index is 0.877. The zero-order chi connectivity index (χ0) is 17.0. The molecule has 0 aromatic heterocycles. The average molecular weight is 303 g/mol. The maximum absolute atomic E-state index is 4.33. The van der Waals surface area contributed by atoms with E-state index in [1.54, 1.807) is 0 Å². The van der Waals surface area contributed by atoms with Gasteiger partial charge in [0.1, 0.15) is 0 Å². The van der Waals surface area contributed by atoms with Gasteiger partial charge in [-0.05, 0) is 56.5 Å². The van der Waals surface area contributed by atoms with Crippen molar-refractivity contribution in [3.63, 3.8) is 0 Å². The maximum atomic E-state index is 4.33. The van der Waals surface area contributed by atoms with Gasteiger partial charge in [0, 0.05) is 17.0 Å². The average Bonchev–Trinajstić information content (AvgIpc) is 2.49. The fraction of sp³-hybridized carbons (Fsp3) is 0.182. The van der Waals surface area contributed by atoms with Crippen LogP contribution in [0, 0.1) is 13.8 Å². The second-order valence-electron chi connectivity index (χ2n) is 6.14. The molecule has 0 fully saturated rings. The van der Waals surface area contributed by atoms with Crippen LogP contribution in [-0.4, -0.2) is 0 Å². The molecular formula is C22H25N. The third kappa shape index (κ3) is 4.01. The molecule has 2 aromatic rings. The molecule has 0 amide bonds. The Balaban J connectivity index is 2.30. The molecule has 1 N–H and O–H groups in total. The van der Waals surface area contributed by atoms with E-state index in [0.29, 0.717) is 0 Å². The summed E-state index contributed by atoms with van der Waals surface area (Å²) in [6.07, 6.45) is 0. The molecule has 0 bridgehead atoms. The molecule has 0 aliphatic rings. The number of benzene rings is 2. The number of nitrogens with one attached hydrogen (secondary N) is 1. The molecule has 118 valence electrons. The highest BCUT2D eigenvalue weighted by Crippen LogP contribution is 2.31. The molecule has 0 saturated heterocycles. The lowest BCUT2D eigenvalue weighted by Gasteiger charge is -2.19. The first-order chi connectivity index (χ1) is 10.9. The molecule has 2 rings (SSSR count). The van der Waals surface area contributed by atoms with E-state index >= 15 is 0 Å². The van der Waals surface area contributed by atoms with Gasteiger partial charge in [-0.1, -0.05) is 60.7 Å².